The van der Waals surface area contributed by atoms with Crippen molar-refractivity contribution >= 4 is 11.6 Å². The molecule has 1 aliphatic carbocycles. The van der Waals surface area contributed by atoms with Crippen molar-refractivity contribution in [3.05, 3.63) is 11.4 Å². The Morgan fingerprint density at radius 2 is 2.24 bits per heavy atom. The summed E-state index contributed by atoms with van der Waals surface area (Å²) in [6, 6.07) is 0.160. The van der Waals surface area contributed by atoms with Gasteiger partial charge < -0.3 is 10.6 Å². The van der Waals surface area contributed by atoms with E-state index in [1.807, 2.05) is 20.8 Å². The van der Waals surface area contributed by atoms with Crippen LogP contribution in [0.5, 0.6) is 0 Å². The van der Waals surface area contributed by atoms with Crippen LogP contribution in [-0.4, -0.2) is 33.6 Å². The van der Waals surface area contributed by atoms with Crippen molar-refractivity contribution in [2.45, 2.75) is 45.6 Å². The van der Waals surface area contributed by atoms with E-state index >= 15 is 0 Å². The molecular formula is C12H20N4O. The van der Waals surface area contributed by atoms with Gasteiger partial charge in [-0.15, -0.1) is 0 Å². The van der Waals surface area contributed by atoms with Crippen LogP contribution in [-0.2, 0) is 0 Å². The van der Waals surface area contributed by atoms with Crippen molar-refractivity contribution < 1.29 is 4.79 Å². The summed E-state index contributed by atoms with van der Waals surface area (Å²) in [5, 5.41) is 7.00. The highest BCUT2D eigenvalue weighted by Gasteiger charge is 2.31. The van der Waals surface area contributed by atoms with Gasteiger partial charge in [0.05, 0.1) is 11.4 Å². The normalized spacial score (nSPS) is 15.3. The van der Waals surface area contributed by atoms with E-state index in [2.05, 4.69) is 10.2 Å². The van der Waals surface area contributed by atoms with Crippen molar-refractivity contribution in [1.29, 1.82) is 0 Å². The predicted octanol–water partition coefficient (Wildman–Crippen LogP) is 1.74. The predicted molar refractivity (Wildman–Crippen MR) is 66.8 cm³/mol. The van der Waals surface area contributed by atoms with Gasteiger partial charge in [0.1, 0.15) is 0 Å². The van der Waals surface area contributed by atoms with Gasteiger partial charge in [0.15, 0.2) is 5.69 Å². The number of hydrogen-bond donors (Lipinski definition) is 2. The van der Waals surface area contributed by atoms with Gasteiger partial charge >= 0.3 is 0 Å². The first-order chi connectivity index (χ1) is 8.06. The Bertz CT molecular complexity index is 420. The molecule has 0 aromatic carbocycles. The van der Waals surface area contributed by atoms with Crippen LogP contribution in [0, 0.1) is 0 Å². The first kappa shape index (κ1) is 12.0. The number of nitrogens with one attached hydrogen (secondary N) is 1. The molecule has 0 bridgehead atoms. The molecule has 1 aromatic rings. The first-order valence-corrected chi connectivity index (χ1v) is 6.21. The zero-order valence-corrected chi connectivity index (χ0v) is 10.7. The molecule has 1 aromatic heterocycles. The molecule has 5 heteroatoms. The van der Waals surface area contributed by atoms with Crippen LogP contribution in [0.3, 0.4) is 0 Å². The molecule has 1 amide bonds. The van der Waals surface area contributed by atoms with Gasteiger partial charge in [0.25, 0.3) is 5.91 Å². The Morgan fingerprint density at radius 1 is 1.59 bits per heavy atom. The highest BCUT2D eigenvalue weighted by Crippen LogP contribution is 2.42. The molecule has 0 saturated heterocycles. The number of nitrogen functional groups attached to an aromatic ring is 1. The molecule has 1 aliphatic rings. The van der Waals surface area contributed by atoms with Crippen LogP contribution in [0.2, 0.25) is 0 Å². The van der Waals surface area contributed by atoms with E-state index in [1.54, 1.807) is 4.90 Å². The van der Waals surface area contributed by atoms with Gasteiger partial charge in [-0.2, -0.15) is 5.10 Å². The summed E-state index contributed by atoms with van der Waals surface area (Å²) < 4.78 is 0. The van der Waals surface area contributed by atoms with Crippen LogP contribution < -0.4 is 5.73 Å². The van der Waals surface area contributed by atoms with Crippen molar-refractivity contribution in [1.82, 2.24) is 15.1 Å². The molecular weight excluding hydrogens is 216 g/mol. The zero-order chi connectivity index (χ0) is 12.6. The molecule has 3 N–H and O–H groups in total. The van der Waals surface area contributed by atoms with Crippen LogP contribution >= 0.6 is 0 Å². The van der Waals surface area contributed by atoms with Crippen molar-refractivity contribution in [3.8, 4) is 0 Å². The molecule has 0 unspecified atom stereocenters. The molecule has 94 valence electrons. The minimum atomic E-state index is -0.0804. The van der Waals surface area contributed by atoms with Gasteiger partial charge in [0.2, 0.25) is 0 Å². The Balaban J connectivity index is 2.24. The van der Waals surface area contributed by atoms with Crippen LogP contribution in [0.4, 0.5) is 5.69 Å². The Kier molecular flexibility index (Phi) is 3.09. The molecule has 17 heavy (non-hydrogen) atoms. The first-order valence-electron chi connectivity index (χ1n) is 6.21. The standard InChI is InChI=1S/C12H20N4O/c1-4-16(7(2)3)12(17)11-9(13)10(14-15-11)8-5-6-8/h7-8H,4-6,13H2,1-3H3,(H,14,15). The van der Waals surface area contributed by atoms with Crippen LogP contribution in [0.15, 0.2) is 0 Å². The van der Waals surface area contributed by atoms with E-state index in [0.29, 0.717) is 23.8 Å². The number of aromatic nitrogens is 2. The molecule has 0 atom stereocenters. The lowest BCUT2D eigenvalue weighted by Crippen LogP contribution is -2.37. The second-order valence-corrected chi connectivity index (χ2v) is 4.86. The summed E-state index contributed by atoms with van der Waals surface area (Å²) in [7, 11) is 0. The third kappa shape index (κ3) is 2.14. The third-order valence-electron chi connectivity index (χ3n) is 3.25. The topological polar surface area (TPSA) is 75.0 Å². The van der Waals surface area contributed by atoms with Crippen molar-refractivity contribution in [3.63, 3.8) is 0 Å². The second kappa shape index (κ2) is 4.39. The quantitative estimate of drug-likeness (QED) is 0.836. The van der Waals surface area contributed by atoms with Gasteiger partial charge in [-0.3, -0.25) is 9.89 Å². The second-order valence-electron chi connectivity index (χ2n) is 4.86. The number of nitrogens with zero attached hydrogens (tertiary/aromatic N) is 2. The van der Waals surface area contributed by atoms with Crippen LogP contribution in [0.25, 0.3) is 0 Å². The third-order valence-corrected chi connectivity index (χ3v) is 3.25. The minimum Gasteiger partial charge on any atom is -0.395 e. The summed E-state index contributed by atoms with van der Waals surface area (Å²) in [5.74, 6) is 0.404. The molecule has 0 spiro atoms. The monoisotopic (exact) mass is 236 g/mol. The van der Waals surface area contributed by atoms with Gasteiger partial charge in [0, 0.05) is 18.5 Å². The molecule has 1 saturated carbocycles. The lowest BCUT2D eigenvalue weighted by atomic mass is 10.2. The highest BCUT2D eigenvalue weighted by molar-refractivity contribution is 5.97. The van der Waals surface area contributed by atoms with E-state index in [1.165, 1.54) is 0 Å². The Hall–Kier alpha value is -1.52. The van der Waals surface area contributed by atoms with Crippen molar-refractivity contribution in [2.75, 3.05) is 12.3 Å². The number of anilines is 1. The van der Waals surface area contributed by atoms with E-state index in [4.69, 9.17) is 5.73 Å². The number of nitrogens with two attached hydrogens (primary N) is 1. The molecule has 5 nitrogen and oxygen atoms in total. The van der Waals surface area contributed by atoms with E-state index in [0.717, 1.165) is 18.5 Å². The Morgan fingerprint density at radius 3 is 2.71 bits per heavy atom. The van der Waals surface area contributed by atoms with Gasteiger partial charge in [-0.1, -0.05) is 0 Å². The van der Waals surface area contributed by atoms with Gasteiger partial charge in [-0.05, 0) is 33.6 Å². The number of hydrogen-bond acceptors (Lipinski definition) is 3. The number of carbonyl (C=O) groups excluding carboxylic acids is 1. The molecule has 1 fully saturated rings. The van der Waals surface area contributed by atoms with Crippen molar-refractivity contribution in [2.24, 2.45) is 0 Å². The number of H-pyrrole nitrogens is 1. The maximum absolute atomic E-state index is 12.3. The van der Waals surface area contributed by atoms with Gasteiger partial charge in [-0.25, -0.2) is 0 Å². The summed E-state index contributed by atoms with van der Waals surface area (Å²) in [6.45, 7) is 6.61. The number of amides is 1. The fourth-order valence-corrected chi connectivity index (χ4v) is 2.09. The lowest BCUT2D eigenvalue weighted by Gasteiger charge is -2.24. The summed E-state index contributed by atoms with van der Waals surface area (Å²) >= 11 is 0. The average Bonchev–Trinajstić information content (AvgIpc) is 3.03. The lowest BCUT2D eigenvalue weighted by molar-refractivity contribution is 0.0712. The summed E-state index contributed by atoms with van der Waals surface area (Å²) in [4.78, 5) is 14.0. The zero-order valence-electron chi connectivity index (χ0n) is 10.7. The fourth-order valence-electron chi connectivity index (χ4n) is 2.09. The SMILES string of the molecule is CCN(C(=O)c1n[nH]c(C2CC2)c1N)C(C)C. The average molecular weight is 236 g/mol. The van der Waals surface area contributed by atoms with E-state index < -0.39 is 0 Å². The largest absolute Gasteiger partial charge is 0.395 e. The maximum atomic E-state index is 12.3. The van der Waals surface area contributed by atoms with E-state index in [-0.39, 0.29) is 11.9 Å². The molecule has 0 aliphatic heterocycles. The summed E-state index contributed by atoms with van der Waals surface area (Å²) in [6.07, 6.45) is 2.28. The number of rotatable bonds is 4. The smallest absolute Gasteiger partial charge is 0.276 e. The fraction of sp³-hybridized carbons (Fsp3) is 0.667. The van der Waals surface area contributed by atoms with Crippen LogP contribution in [0.1, 0.15) is 55.7 Å². The number of aromatic amines is 1. The maximum Gasteiger partial charge on any atom is 0.276 e. The Labute approximate surface area is 101 Å². The molecule has 1 heterocycles. The number of carbonyl (C=O) groups is 1. The highest BCUT2D eigenvalue weighted by atomic mass is 16.2. The summed E-state index contributed by atoms with van der Waals surface area (Å²) in [5.41, 5.74) is 7.85. The van der Waals surface area contributed by atoms with E-state index in [9.17, 15) is 4.79 Å². The molecule has 2 rings (SSSR count). The minimum absolute atomic E-state index is 0.0804. The molecule has 0 radical (unpaired) electrons.